The fourth-order valence-corrected chi connectivity index (χ4v) is 1.64. The van der Waals surface area contributed by atoms with Crippen LogP contribution >= 0.6 is 0 Å². The minimum Gasteiger partial charge on any atom is -0.396 e. The quantitative estimate of drug-likeness (QED) is 0.608. The molecule has 0 amide bonds. The second kappa shape index (κ2) is 6.45. The van der Waals surface area contributed by atoms with Gasteiger partial charge in [-0.1, -0.05) is 6.58 Å². The van der Waals surface area contributed by atoms with Crippen molar-refractivity contribution in [3.63, 3.8) is 0 Å². The molecule has 0 aliphatic carbocycles. The van der Waals surface area contributed by atoms with E-state index < -0.39 is 23.2 Å². The second-order valence-electron chi connectivity index (χ2n) is 4.31. The van der Waals surface area contributed by atoms with Gasteiger partial charge in [-0.2, -0.15) is 13.2 Å². The van der Waals surface area contributed by atoms with E-state index >= 15 is 0 Å². The third-order valence-electron chi connectivity index (χ3n) is 2.80. The van der Waals surface area contributed by atoms with E-state index in [4.69, 9.17) is 5.73 Å². The first-order chi connectivity index (χ1) is 9.25. The topological polar surface area (TPSA) is 38.0 Å². The van der Waals surface area contributed by atoms with Gasteiger partial charge in [-0.3, -0.25) is 0 Å². The van der Waals surface area contributed by atoms with Crippen molar-refractivity contribution in [1.82, 2.24) is 5.32 Å². The number of hydrogen-bond acceptors (Lipinski definition) is 2. The average molecular weight is 288 g/mol. The number of hydrogen-bond donors (Lipinski definition) is 2. The fourth-order valence-electron chi connectivity index (χ4n) is 1.64. The molecule has 1 aliphatic heterocycles. The molecule has 3 N–H and O–H groups in total. The van der Waals surface area contributed by atoms with E-state index in [1.165, 1.54) is 17.7 Å². The predicted octanol–water partition coefficient (Wildman–Crippen LogP) is 3.87. The molecule has 1 aromatic carbocycles. The van der Waals surface area contributed by atoms with Gasteiger partial charge in [-0.25, -0.2) is 4.39 Å². The van der Waals surface area contributed by atoms with Crippen LogP contribution in [0.3, 0.4) is 0 Å². The molecule has 1 aromatic rings. The Labute approximate surface area is 115 Å². The number of allylic oxidation sites excluding steroid dienone is 1. The van der Waals surface area contributed by atoms with Gasteiger partial charge in [-0.05, 0) is 43.2 Å². The highest BCUT2D eigenvalue weighted by Crippen LogP contribution is 2.30. The number of rotatable bonds is 1. The smallest absolute Gasteiger partial charge is 0.396 e. The molecule has 2 rings (SSSR count). The molecule has 0 radical (unpaired) electrons. The lowest BCUT2D eigenvalue weighted by Gasteiger charge is -2.06. The van der Waals surface area contributed by atoms with E-state index in [1.807, 2.05) is 6.08 Å². The van der Waals surface area contributed by atoms with Gasteiger partial charge in [0.15, 0.2) is 0 Å². The zero-order valence-electron chi connectivity index (χ0n) is 11.0. The molecule has 1 aliphatic rings. The summed E-state index contributed by atoms with van der Waals surface area (Å²) in [6.45, 7) is 6.90. The number of alkyl halides is 3. The van der Waals surface area contributed by atoms with Gasteiger partial charge in [0.25, 0.3) is 0 Å². The molecule has 0 spiro atoms. The molecular weight excluding hydrogens is 272 g/mol. The van der Waals surface area contributed by atoms with E-state index in [1.54, 1.807) is 0 Å². The van der Waals surface area contributed by atoms with Crippen LogP contribution in [0.4, 0.5) is 23.2 Å². The van der Waals surface area contributed by atoms with Crippen molar-refractivity contribution >= 4 is 5.69 Å². The van der Waals surface area contributed by atoms with E-state index in [9.17, 15) is 17.6 Å². The van der Waals surface area contributed by atoms with Crippen LogP contribution in [0.5, 0.6) is 0 Å². The zero-order chi connectivity index (χ0) is 15.3. The number of nitrogens with two attached hydrogens (primary N) is 1. The van der Waals surface area contributed by atoms with Crippen molar-refractivity contribution < 1.29 is 17.6 Å². The summed E-state index contributed by atoms with van der Waals surface area (Å²) in [5.41, 5.74) is 6.16. The average Bonchev–Trinajstić information content (AvgIpc) is 2.77. The van der Waals surface area contributed by atoms with Crippen molar-refractivity contribution in [2.75, 3.05) is 12.3 Å². The van der Waals surface area contributed by atoms with Gasteiger partial charge in [0, 0.05) is 12.2 Å². The molecule has 2 nitrogen and oxygen atoms in total. The van der Waals surface area contributed by atoms with Crippen LogP contribution in [-0.2, 0) is 6.18 Å². The first-order valence-electron chi connectivity index (χ1n) is 5.94. The van der Waals surface area contributed by atoms with Crippen molar-refractivity contribution in [2.24, 2.45) is 0 Å². The Hall–Kier alpha value is -1.98. The van der Waals surface area contributed by atoms with Crippen LogP contribution in [0.1, 0.15) is 18.9 Å². The third-order valence-corrected chi connectivity index (χ3v) is 2.80. The lowest BCUT2D eigenvalue weighted by atomic mass is 10.2. The van der Waals surface area contributed by atoms with Crippen LogP contribution < -0.4 is 11.1 Å². The minimum atomic E-state index is -4.47. The van der Waals surface area contributed by atoms with Crippen molar-refractivity contribution in [3.8, 4) is 0 Å². The van der Waals surface area contributed by atoms with Crippen LogP contribution in [0.25, 0.3) is 0 Å². The molecule has 0 unspecified atom stereocenters. The van der Waals surface area contributed by atoms with Crippen molar-refractivity contribution in [2.45, 2.75) is 19.5 Å². The molecule has 0 saturated heterocycles. The molecule has 110 valence electrons. The molecule has 20 heavy (non-hydrogen) atoms. The minimum absolute atomic E-state index is 0.496. The molecule has 0 saturated carbocycles. The van der Waals surface area contributed by atoms with Crippen LogP contribution in [0, 0.1) is 5.82 Å². The number of nitrogen functional groups attached to an aromatic ring is 1. The highest BCUT2D eigenvalue weighted by atomic mass is 19.4. The van der Waals surface area contributed by atoms with Gasteiger partial charge < -0.3 is 11.1 Å². The van der Waals surface area contributed by atoms with Crippen LogP contribution in [-0.4, -0.2) is 6.54 Å². The molecule has 0 bridgehead atoms. The fraction of sp³-hybridized carbons (Fsp3) is 0.286. The summed E-state index contributed by atoms with van der Waals surface area (Å²) in [5, 5.41) is 3.22. The third kappa shape index (κ3) is 4.29. The van der Waals surface area contributed by atoms with E-state index in [0.717, 1.165) is 6.54 Å². The summed E-state index contributed by atoms with van der Waals surface area (Å²) in [5.74, 6) is -0.844. The molecular formula is C14H16F4N2. The number of nitrogens with one attached hydrogen (secondary N) is 1. The lowest BCUT2D eigenvalue weighted by Crippen LogP contribution is -2.06. The first-order valence-corrected chi connectivity index (χ1v) is 5.94. The largest absolute Gasteiger partial charge is 0.416 e. The Morgan fingerprint density at radius 2 is 2.00 bits per heavy atom. The molecule has 0 atom stereocenters. The van der Waals surface area contributed by atoms with E-state index in [0.29, 0.717) is 18.2 Å². The Kier molecular flexibility index (Phi) is 5.19. The Morgan fingerprint density at radius 3 is 2.35 bits per heavy atom. The summed E-state index contributed by atoms with van der Waals surface area (Å²) in [6, 6.07) is 1.90. The number of benzene rings is 1. The molecule has 1 heterocycles. The molecule has 0 aromatic heterocycles. The highest BCUT2D eigenvalue weighted by molar-refractivity contribution is 5.43. The summed E-state index contributed by atoms with van der Waals surface area (Å²) in [6.07, 6.45) is -1.41. The van der Waals surface area contributed by atoms with Crippen molar-refractivity contribution in [3.05, 3.63) is 53.5 Å². The SMILES string of the molecule is C=CC1=C(C)CCN1.Nc1cc(C(F)(F)F)ccc1F. The van der Waals surface area contributed by atoms with Gasteiger partial charge in [0.1, 0.15) is 5.82 Å². The molecule has 6 heteroatoms. The monoisotopic (exact) mass is 288 g/mol. The maximum Gasteiger partial charge on any atom is 0.416 e. The summed E-state index contributed by atoms with van der Waals surface area (Å²) in [4.78, 5) is 0. The highest BCUT2D eigenvalue weighted by Gasteiger charge is 2.30. The number of anilines is 1. The van der Waals surface area contributed by atoms with Gasteiger partial charge in [0.2, 0.25) is 0 Å². The summed E-state index contributed by atoms with van der Waals surface area (Å²) < 4.78 is 48.2. The predicted molar refractivity (Wildman–Crippen MR) is 71.3 cm³/mol. The standard InChI is InChI=1S/C7H5F4N.C7H11N/c8-5-2-1-4(3-6(5)12)7(9,10)11;1-3-7-6(2)4-5-8-7/h1-3H,12H2;3,8H,1,4-5H2,2H3. The van der Waals surface area contributed by atoms with Crippen LogP contribution in [0.15, 0.2) is 42.1 Å². The summed E-state index contributed by atoms with van der Waals surface area (Å²) >= 11 is 0. The Balaban J connectivity index is 0.000000217. The van der Waals surface area contributed by atoms with Gasteiger partial charge in [0.05, 0.1) is 11.3 Å². The number of halogens is 4. The Bertz CT molecular complexity index is 518. The second-order valence-corrected chi connectivity index (χ2v) is 4.31. The van der Waals surface area contributed by atoms with Crippen molar-refractivity contribution in [1.29, 1.82) is 0 Å². The maximum atomic E-state index is 12.4. The van der Waals surface area contributed by atoms with Gasteiger partial charge in [-0.15, -0.1) is 0 Å². The van der Waals surface area contributed by atoms with Gasteiger partial charge >= 0.3 is 6.18 Å². The van der Waals surface area contributed by atoms with Crippen LogP contribution in [0.2, 0.25) is 0 Å². The molecule has 0 fully saturated rings. The van der Waals surface area contributed by atoms with E-state index in [2.05, 4.69) is 18.8 Å². The normalized spacial score (nSPS) is 14.4. The zero-order valence-corrected chi connectivity index (χ0v) is 11.0. The van der Waals surface area contributed by atoms with E-state index in [-0.39, 0.29) is 0 Å². The Morgan fingerprint density at radius 1 is 1.35 bits per heavy atom. The maximum absolute atomic E-state index is 12.4. The summed E-state index contributed by atoms with van der Waals surface area (Å²) in [7, 11) is 0. The first kappa shape index (κ1) is 16.1. The lowest BCUT2D eigenvalue weighted by molar-refractivity contribution is -0.137.